The first-order chi connectivity index (χ1) is 13.2. The average molecular weight is 415 g/mol. The molecule has 4 fully saturated rings. The minimum absolute atomic E-state index is 0.0241. The Hall–Kier alpha value is -1.28. The average Bonchev–Trinajstić information content (AvgIpc) is 3.35. The van der Waals surface area contributed by atoms with Crippen molar-refractivity contribution in [2.75, 3.05) is 13.2 Å². The third-order valence-electron chi connectivity index (χ3n) is 6.88. The number of fused-ring (bicyclic) bond motifs is 1. The molecule has 0 aromatic heterocycles. The predicted octanol–water partition coefficient (Wildman–Crippen LogP) is 0.630. The number of nitriles is 1. The monoisotopic (exact) mass is 415 g/mol. The molecule has 3 saturated carbocycles. The fourth-order valence-electron chi connectivity index (χ4n) is 5.04. The van der Waals surface area contributed by atoms with E-state index in [2.05, 4.69) is 6.07 Å². The predicted molar refractivity (Wildman–Crippen MR) is 95.5 cm³/mol. The number of nitrogens with zero attached hydrogens (tertiary/aromatic N) is 2. The number of carbonyl (C=O) groups excluding carboxylic acids is 1. The first kappa shape index (κ1) is 20.0. The summed E-state index contributed by atoms with van der Waals surface area (Å²) in [5, 5.41) is 19.6. The highest BCUT2D eigenvalue weighted by Crippen LogP contribution is 2.49. The molecule has 4 rings (SSSR count). The molecule has 3 aliphatic carbocycles. The summed E-state index contributed by atoms with van der Waals surface area (Å²) in [7, 11) is -4.11. The second-order valence-corrected chi connectivity index (χ2v) is 10.3. The van der Waals surface area contributed by atoms with Gasteiger partial charge < -0.3 is 9.84 Å². The number of ether oxygens (including phenoxy) is 1. The second kappa shape index (κ2) is 7.20. The van der Waals surface area contributed by atoms with E-state index in [4.69, 9.17) is 10.00 Å². The molecule has 6 unspecified atom stereocenters. The standard InChI is InChI=1S/C18H26FN3O5S/c19-16-13-8-12(27-6-5-18(10-20)3-4-18)2-1-11(13)7-14(23)17(16)22-9-15(24)21-28(22,25)26/h11-14,16-17,23H,1-9H2,(H,21,24). The quantitative estimate of drug-likeness (QED) is 0.680. The maximum absolute atomic E-state index is 15.4. The van der Waals surface area contributed by atoms with Gasteiger partial charge in [-0.15, -0.1) is 0 Å². The summed E-state index contributed by atoms with van der Waals surface area (Å²) >= 11 is 0. The second-order valence-electron chi connectivity index (χ2n) is 8.69. The van der Waals surface area contributed by atoms with Crippen molar-refractivity contribution in [3.8, 4) is 6.07 Å². The van der Waals surface area contributed by atoms with Crippen LogP contribution in [0, 0.1) is 28.6 Å². The van der Waals surface area contributed by atoms with E-state index < -0.39 is 46.9 Å². The van der Waals surface area contributed by atoms with E-state index in [1.54, 1.807) is 0 Å². The minimum atomic E-state index is -4.11. The lowest BCUT2D eigenvalue weighted by Crippen LogP contribution is -2.59. The summed E-state index contributed by atoms with van der Waals surface area (Å²) in [6, 6.07) is 1.08. The number of rotatable bonds is 5. The Kier molecular flexibility index (Phi) is 5.15. The number of aliphatic hydroxyl groups is 1. The van der Waals surface area contributed by atoms with E-state index in [9.17, 15) is 18.3 Å². The maximum Gasteiger partial charge on any atom is 0.304 e. The van der Waals surface area contributed by atoms with E-state index in [1.807, 2.05) is 4.72 Å². The molecule has 8 nitrogen and oxygen atoms in total. The fraction of sp³-hybridized carbons (Fsp3) is 0.889. The number of hydrogen-bond acceptors (Lipinski definition) is 6. The van der Waals surface area contributed by atoms with Crippen LogP contribution in [0.15, 0.2) is 0 Å². The van der Waals surface area contributed by atoms with Crippen molar-refractivity contribution in [3.05, 3.63) is 0 Å². The third-order valence-corrected chi connectivity index (χ3v) is 8.36. The number of nitrogens with one attached hydrogen (secondary N) is 1. The highest BCUT2D eigenvalue weighted by molar-refractivity contribution is 7.88. The Labute approximate surface area is 164 Å². The molecular weight excluding hydrogens is 389 g/mol. The topological polar surface area (TPSA) is 120 Å². The Morgan fingerprint density at radius 1 is 1.36 bits per heavy atom. The van der Waals surface area contributed by atoms with Crippen LogP contribution in [0.4, 0.5) is 4.39 Å². The zero-order valence-electron chi connectivity index (χ0n) is 15.6. The van der Waals surface area contributed by atoms with Crippen LogP contribution in [0.3, 0.4) is 0 Å². The van der Waals surface area contributed by atoms with Gasteiger partial charge in [-0.3, -0.25) is 4.79 Å². The van der Waals surface area contributed by atoms with Crippen molar-refractivity contribution in [2.45, 2.75) is 69.4 Å². The lowest BCUT2D eigenvalue weighted by molar-refractivity contribution is -0.120. The number of carbonyl (C=O) groups is 1. The van der Waals surface area contributed by atoms with E-state index in [-0.39, 0.29) is 17.4 Å². The normalized spacial score (nSPS) is 41.7. The molecule has 0 radical (unpaired) electrons. The summed E-state index contributed by atoms with van der Waals surface area (Å²) in [6.07, 6.45) is 1.95. The first-order valence-electron chi connectivity index (χ1n) is 9.92. The number of alkyl halides is 1. The fourth-order valence-corrected chi connectivity index (χ4v) is 6.38. The van der Waals surface area contributed by atoms with Gasteiger partial charge >= 0.3 is 10.2 Å². The van der Waals surface area contributed by atoms with Crippen LogP contribution in [0.1, 0.15) is 44.9 Å². The van der Waals surface area contributed by atoms with Gasteiger partial charge in [-0.1, -0.05) is 0 Å². The molecule has 1 heterocycles. The molecule has 1 saturated heterocycles. The Balaban J connectivity index is 1.40. The largest absolute Gasteiger partial charge is 0.391 e. The van der Waals surface area contributed by atoms with Gasteiger partial charge in [0.1, 0.15) is 6.17 Å². The molecule has 28 heavy (non-hydrogen) atoms. The van der Waals surface area contributed by atoms with E-state index in [1.165, 1.54) is 0 Å². The van der Waals surface area contributed by atoms with Gasteiger partial charge in [0.2, 0.25) is 5.91 Å². The van der Waals surface area contributed by atoms with Crippen LogP contribution in [-0.2, 0) is 19.7 Å². The van der Waals surface area contributed by atoms with Crippen molar-refractivity contribution in [2.24, 2.45) is 17.3 Å². The summed E-state index contributed by atoms with van der Waals surface area (Å²) in [5.74, 6) is -1.15. The Bertz CT molecular complexity index is 781. The van der Waals surface area contributed by atoms with E-state index >= 15 is 4.39 Å². The summed E-state index contributed by atoms with van der Waals surface area (Å²) in [5.41, 5.74) is -0.233. The minimum Gasteiger partial charge on any atom is -0.391 e. The van der Waals surface area contributed by atoms with E-state index in [0.717, 1.165) is 23.6 Å². The lowest BCUT2D eigenvalue weighted by Gasteiger charge is -2.47. The Morgan fingerprint density at radius 2 is 2.11 bits per heavy atom. The molecular formula is C18H26FN3O5S. The van der Waals surface area contributed by atoms with Gasteiger partial charge in [0.05, 0.1) is 36.3 Å². The molecule has 1 aliphatic heterocycles. The van der Waals surface area contributed by atoms with Gasteiger partial charge in [-0.25, -0.2) is 9.11 Å². The van der Waals surface area contributed by atoms with Crippen molar-refractivity contribution >= 4 is 16.1 Å². The third kappa shape index (κ3) is 3.65. The molecule has 6 atom stereocenters. The number of hydrogen-bond donors (Lipinski definition) is 2. The van der Waals surface area contributed by atoms with Crippen LogP contribution < -0.4 is 4.72 Å². The van der Waals surface area contributed by atoms with Crippen LogP contribution in [0.2, 0.25) is 0 Å². The SMILES string of the molecule is N#CC1(CCOC2CCC3CC(O)C(N4CC(=O)NS4(=O)=O)C(F)C3C2)CC1. The van der Waals surface area contributed by atoms with Crippen LogP contribution in [-0.4, -0.2) is 61.3 Å². The maximum atomic E-state index is 15.4. The van der Waals surface area contributed by atoms with Gasteiger partial charge in [0, 0.05) is 6.61 Å². The van der Waals surface area contributed by atoms with Gasteiger partial charge in [-0.05, 0) is 56.8 Å². The Morgan fingerprint density at radius 3 is 2.71 bits per heavy atom. The van der Waals surface area contributed by atoms with E-state index in [0.29, 0.717) is 32.3 Å². The summed E-state index contributed by atoms with van der Waals surface area (Å²) in [4.78, 5) is 11.5. The van der Waals surface area contributed by atoms with Gasteiger partial charge in [0.25, 0.3) is 0 Å². The highest BCUT2D eigenvalue weighted by atomic mass is 32.2. The molecule has 10 heteroatoms. The zero-order chi connectivity index (χ0) is 20.1. The van der Waals surface area contributed by atoms with Crippen LogP contribution in [0.5, 0.6) is 0 Å². The molecule has 0 aromatic carbocycles. The molecule has 0 bridgehead atoms. The van der Waals surface area contributed by atoms with Crippen molar-refractivity contribution in [3.63, 3.8) is 0 Å². The lowest BCUT2D eigenvalue weighted by atomic mass is 9.66. The van der Waals surface area contributed by atoms with Crippen molar-refractivity contribution in [1.82, 2.24) is 9.03 Å². The molecule has 156 valence electrons. The highest BCUT2D eigenvalue weighted by Gasteiger charge is 2.54. The van der Waals surface area contributed by atoms with Gasteiger partial charge in [0.15, 0.2) is 0 Å². The van der Waals surface area contributed by atoms with Crippen LogP contribution >= 0.6 is 0 Å². The first-order valence-corrected chi connectivity index (χ1v) is 11.4. The van der Waals surface area contributed by atoms with Crippen molar-refractivity contribution < 1.29 is 27.4 Å². The number of amides is 1. The summed E-state index contributed by atoms with van der Waals surface area (Å²) in [6.45, 7) is 0.00951. The number of halogens is 1. The van der Waals surface area contributed by atoms with Crippen molar-refractivity contribution in [1.29, 1.82) is 5.26 Å². The molecule has 1 amide bonds. The summed E-state index contributed by atoms with van der Waals surface area (Å²) < 4.78 is 48.2. The van der Waals surface area contributed by atoms with Crippen LogP contribution in [0.25, 0.3) is 0 Å². The zero-order valence-corrected chi connectivity index (χ0v) is 16.4. The molecule has 4 aliphatic rings. The molecule has 0 aromatic rings. The smallest absolute Gasteiger partial charge is 0.304 e. The molecule has 2 N–H and O–H groups in total. The molecule has 0 spiro atoms. The number of aliphatic hydroxyl groups excluding tert-OH is 1. The van der Waals surface area contributed by atoms with Gasteiger partial charge in [-0.2, -0.15) is 18.0 Å².